The van der Waals surface area contributed by atoms with Crippen molar-refractivity contribution in [3.05, 3.63) is 28.8 Å². The number of benzene rings is 1. The molecule has 0 unspecified atom stereocenters. The lowest BCUT2D eigenvalue weighted by Gasteiger charge is -2.07. The van der Waals surface area contributed by atoms with Crippen molar-refractivity contribution >= 4 is 5.78 Å². The van der Waals surface area contributed by atoms with Gasteiger partial charge in [0.25, 0.3) is 0 Å². The van der Waals surface area contributed by atoms with Gasteiger partial charge in [-0.25, -0.2) is 0 Å². The zero-order valence-corrected chi connectivity index (χ0v) is 8.92. The summed E-state index contributed by atoms with van der Waals surface area (Å²) in [5, 5.41) is 9.64. The lowest BCUT2D eigenvalue weighted by Crippen LogP contribution is -1.97. The maximum atomic E-state index is 11.2. The molecule has 2 heteroatoms. The van der Waals surface area contributed by atoms with Gasteiger partial charge in [-0.05, 0) is 37.5 Å². The molecule has 1 N–H and O–H groups in total. The summed E-state index contributed by atoms with van der Waals surface area (Å²) in [6.07, 6.45) is 1.99. The summed E-state index contributed by atoms with van der Waals surface area (Å²) in [7, 11) is 0. The number of ketones is 1. The van der Waals surface area contributed by atoms with E-state index < -0.39 is 0 Å². The van der Waals surface area contributed by atoms with Crippen LogP contribution in [0.3, 0.4) is 0 Å². The number of phenols is 1. The molecule has 0 aliphatic rings. The van der Waals surface area contributed by atoms with E-state index in [0.29, 0.717) is 5.56 Å². The van der Waals surface area contributed by atoms with Gasteiger partial charge in [0.1, 0.15) is 5.75 Å². The van der Waals surface area contributed by atoms with Gasteiger partial charge in [-0.3, -0.25) is 4.79 Å². The summed E-state index contributed by atoms with van der Waals surface area (Å²) in [6, 6.07) is 3.72. The van der Waals surface area contributed by atoms with Crippen molar-refractivity contribution in [2.75, 3.05) is 0 Å². The van der Waals surface area contributed by atoms with Crippen LogP contribution in [0, 0.1) is 6.92 Å². The fraction of sp³-hybridized carbons (Fsp3) is 0.417. The number of carbonyl (C=O) groups excluding carboxylic acids is 1. The first-order chi connectivity index (χ1) is 6.56. The first-order valence-electron chi connectivity index (χ1n) is 4.89. The van der Waals surface area contributed by atoms with Crippen LogP contribution in [0.1, 0.15) is 41.8 Å². The average molecular weight is 192 g/mol. The Morgan fingerprint density at radius 2 is 2.07 bits per heavy atom. The molecular formula is C12H16O2. The number of phenolic OH excluding ortho intramolecular Hbond substituents is 1. The molecule has 0 fully saturated rings. The van der Waals surface area contributed by atoms with E-state index in [2.05, 4.69) is 6.92 Å². The molecule has 0 aliphatic heterocycles. The Bertz CT molecular complexity index is 354. The van der Waals surface area contributed by atoms with Gasteiger partial charge in [0.05, 0.1) is 5.56 Å². The second-order valence-corrected chi connectivity index (χ2v) is 3.62. The summed E-state index contributed by atoms with van der Waals surface area (Å²) >= 11 is 0. The lowest BCUT2D eigenvalue weighted by atomic mass is 10.00. The zero-order chi connectivity index (χ0) is 10.7. The molecule has 14 heavy (non-hydrogen) atoms. The molecule has 0 aliphatic carbocycles. The van der Waals surface area contributed by atoms with Crippen molar-refractivity contribution in [2.45, 2.75) is 33.6 Å². The van der Waals surface area contributed by atoms with Crippen molar-refractivity contribution in [1.29, 1.82) is 0 Å². The molecule has 0 radical (unpaired) electrons. The first-order valence-corrected chi connectivity index (χ1v) is 4.89. The highest BCUT2D eigenvalue weighted by Gasteiger charge is 2.10. The van der Waals surface area contributed by atoms with Crippen LogP contribution in [0.4, 0.5) is 0 Å². The molecule has 0 saturated heterocycles. The van der Waals surface area contributed by atoms with Gasteiger partial charge in [0.2, 0.25) is 0 Å². The molecule has 1 aromatic carbocycles. The molecular weight excluding hydrogens is 176 g/mol. The van der Waals surface area contributed by atoms with E-state index in [9.17, 15) is 9.90 Å². The van der Waals surface area contributed by atoms with Gasteiger partial charge >= 0.3 is 0 Å². The second kappa shape index (κ2) is 4.27. The summed E-state index contributed by atoms with van der Waals surface area (Å²) in [5.41, 5.74) is 2.34. The number of aromatic hydroxyl groups is 1. The Morgan fingerprint density at radius 3 is 2.57 bits per heavy atom. The smallest absolute Gasteiger partial charge is 0.163 e. The third kappa shape index (κ3) is 2.13. The van der Waals surface area contributed by atoms with E-state index in [4.69, 9.17) is 0 Å². The van der Waals surface area contributed by atoms with E-state index >= 15 is 0 Å². The maximum absolute atomic E-state index is 11.2. The Morgan fingerprint density at radius 1 is 1.43 bits per heavy atom. The molecule has 1 rings (SSSR count). The van der Waals surface area contributed by atoms with Crippen molar-refractivity contribution in [3.63, 3.8) is 0 Å². The molecule has 0 heterocycles. The minimum atomic E-state index is -0.0800. The van der Waals surface area contributed by atoms with Gasteiger partial charge in [0.15, 0.2) is 5.78 Å². The largest absolute Gasteiger partial charge is 0.507 e. The van der Waals surface area contributed by atoms with E-state index in [0.717, 1.165) is 24.0 Å². The minimum Gasteiger partial charge on any atom is -0.507 e. The first kappa shape index (κ1) is 10.8. The predicted octanol–water partition coefficient (Wildman–Crippen LogP) is 2.86. The monoisotopic (exact) mass is 192 g/mol. The zero-order valence-electron chi connectivity index (χ0n) is 8.92. The predicted molar refractivity (Wildman–Crippen MR) is 56.8 cm³/mol. The van der Waals surface area contributed by atoms with Crippen LogP contribution in [0.2, 0.25) is 0 Å². The van der Waals surface area contributed by atoms with E-state index in [1.165, 1.54) is 6.92 Å². The quantitative estimate of drug-likeness (QED) is 0.748. The van der Waals surface area contributed by atoms with Gasteiger partial charge in [-0.15, -0.1) is 0 Å². The number of hydrogen-bond donors (Lipinski definition) is 1. The molecule has 0 aromatic heterocycles. The summed E-state index contributed by atoms with van der Waals surface area (Å²) in [5.74, 6) is 0.0425. The topological polar surface area (TPSA) is 37.3 Å². The lowest BCUT2D eigenvalue weighted by molar-refractivity contribution is 0.101. The molecule has 0 spiro atoms. The molecule has 76 valence electrons. The normalized spacial score (nSPS) is 10.2. The molecule has 0 atom stereocenters. The van der Waals surface area contributed by atoms with Crippen LogP contribution in [-0.4, -0.2) is 10.9 Å². The van der Waals surface area contributed by atoms with Gasteiger partial charge in [-0.2, -0.15) is 0 Å². The Kier molecular flexibility index (Phi) is 3.28. The maximum Gasteiger partial charge on any atom is 0.163 e. The molecule has 2 nitrogen and oxygen atoms in total. The van der Waals surface area contributed by atoms with Crippen molar-refractivity contribution < 1.29 is 9.90 Å². The van der Waals surface area contributed by atoms with E-state index in [1.54, 1.807) is 6.07 Å². The number of hydrogen-bond acceptors (Lipinski definition) is 2. The molecule has 0 bridgehead atoms. The van der Waals surface area contributed by atoms with Crippen LogP contribution in [0.15, 0.2) is 12.1 Å². The minimum absolute atomic E-state index is 0.0800. The highest BCUT2D eigenvalue weighted by atomic mass is 16.3. The molecule has 0 saturated carbocycles. The second-order valence-electron chi connectivity index (χ2n) is 3.62. The fourth-order valence-electron chi connectivity index (χ4n) is 1.56. The van der Waals surface area contributed by atoms with Crippen LogP contribution in [-0.2, 0) is 6.42 Å². The summed E-state index contributed by atoms with van der Waals surface area (Å²) < 4.78 is 0. The van der Waals surface area contributed by atoms with E-state index in [1.807, 2.05) is 13.0 Å². The standard InChI is InChI=1S/C12H16O2/c1-4-5-10-6-8(2)12(14)11(7-10)9(3)13/h6-7,14H,4-5H2,1-3H3. The SMILES string of the molecule is CCCc1cc(C)c(O)c(C(C)=O)c1. The van der Waals surface area contributed by atoms with Crippen molar-refractivity contribution in [3.8, 4) is 5.75 Å². The number of Topliss-reactive ketones (excluding diaryl/α,β-unsaturated/α-hetero) is 1. The Hall–Kier alpha value is -1.31. The number of rotatable bonds is 3. The number of aryl methyl sites for hydroxylation is 2. The third-order valence-electron chi connectivity index (χ3n) is 2.28. The van der Waals surface area contributed by atoms with Crippen LogP contribution >= 0.6 is 0 Å². The highest BCUT2D eigenvalue weighted by molar-refractivity contribution is 5.97. The summed E-state index contributed by atoms with van der Waals surface area (Å²) in [6.45, 7) is 5.39. The van der Waals surface area contributed by atoms with Gasteiger partial charge in [0, 0.05) is 0 Å². The van der Waals surface area contributed by atoms with Crippen molar-refractivity contribution in [2.24, 2.45) is 0 Å². The van der Waals surface area contributed by atoms with Gasteiger partial charge in [-0.1, -0.05) is 19.4 Å². The van der Waals surface area contributed by atoms with Crippen LogP contribution < -0.4 is 0 Å². The molecule has 1 aromatic rings. The molecule has 0 amide bonds. The average Bonchev–Trinajstić information content (AvgIpc) is 2.11. The fourth-order valence-corrected chi connectivity index (χ4v) is 1.56. The highest BCUT2D eigenvalue weighted by Crippen LogP contribution is 2.24. The third-order valence-corrected chi connectivity index (χ3v) is 2.28. The van der Waals surface area contributed by atoms with E-state index in [-0.39, 0.29) is 11.5 Å². The Labute approximate surface area is 84.6 Å². The Balaban J connectivity index is 3.21. The van der Waals surface area contributed by atoms with Gasteiger partial charge < -0.3 is 5.11 Å². The van der Waals surface area contributed by atoms with Crippen LogP contribution in [0.5, 0.6) is 5.75 Å². The van der Waals surface area contributed by atoms with Crippen molar-refractivity contribution in [1.82, 2.24) is 0 Å². The summed E-state index contributed by atoms with van der Waals surface area (Å²) in [4.78, 5) is 11.2. The van der Waals surface area contributed by atoms with Crippen LogP contribution in [0.25, 0.3) is 0 Å². The number of carbonyl (C=O) groups is 1.